The van der Waals surface area contributed by atoms with Gasteiger partial charge in [0.1, 0.15) is 24.2 Å². The van der Waals surface area contributed by atoms with Gasteiger partial charge in [0.25, 0.3) is 0 Å². The fraction of sp³-hybridized carbons (Fsp3) is 0.355. The molecule has 3 aromatic carbocycles. The van der Waals surface area contributed by atoms with Crippen molar-refractivity contribution in [2.45, 2.75) is 45.4 Å². The molecule has 216 valence electrons. The maximum atomic E-state index is 12.5. The highest BCUT2D eigenvalue weighted by molar-refractivity contribution is 5.87. The Morgan fingerprint density at radius 1 is 1.07 bits per heavy atom. The van der Waals surface area contributed by atoms with E-state index in [1.165, 1.54) is 0 Å². The largest absolute Gasteiger partial charge is 0.491 e. The first kappa shape index (κ1) is 28.3. The second kappa shape index (κ2) is 12.5. The van der Waals surface area contributed by atoms with Gasteiger partial charge >= 0.3 is 12.1 Å². The number of nitrogens with two attached hydrogens (primary N) is 1. The van der Waals surface area contributed by atoms with Crippen LogP contribution in [0.1, 0.15) is 42.2 Å². The number of fused-ring (bicyclic) bond motifs is 1. The summed E-state index contributed by atoms with van der Waals surface area (Å²) in [5.74, 6) is 0.896. The minimum Gasteiger partial charge on any atom is -0.491 e. The van der Waals surface area contributed by atoms with Gasteiger partial charge in [-0.15, -0.1) is 0 Å². The Hall–Kier alpha value is -4.28. The summed E-state index contributed by atoms with van der Waals surface area (Å²) in [4.78, 5) is 25.3. The van der Waals surface area contributed by atoms with Gasteiger partial charge < -0.3 is 39.6 Å². The van der Waals surface area contributed by atoms with Gasteiger partial charge in [0, 0.05) is 31.6 Å². The quantitative estimate of drug-likeness (QED) is 0.310. The zero-order valence-electron chi connectivity index (χ0n) is 23.3. The molecular weight excluding hydrogens is 526 g/mol. The first-order valence-electron chi connectivity index (χ1n) is 13.6. The van der Waals surface area contributed by atoms with E-state index in [4.69, 9.17) is 29.4 Å². The van der Waals surface area contributed by atoms with Crippen molar-refractivity contribution in [2.75, 3.05) is 31.6 Å². The topological polar surface area (TPSA) is 122 Å². The van der Waals surface area contributed by atoms with Crippen molar-refractivity contribution in [3.63, 3.8) is 0 Å². The molecule has 3 aromatic rings. The van der Waals surface area contributed by atoms with E-state index in [0.29, 0.717) is 51.6 Å². The summed E-state index contributed by atoms with van der Waals surface area (Å²) in [7, 11) is 0. The third kappa shape index (κ3) is 7.68. The third-order valence-corrected chi connectivity index (χ3v) is 6.83. The van der Waals surface area contributed by atoms with Gasteiger partial charge in [0.05, 0.1) is 26.4 Å². The number of urea groups is 1. The standard InChI is InChI=1S/C31H35N3O7/c1-31(2)39-20-24-17-23(8-11-27(24)41-31)28-18-34(30(36)40-28)13-12-21-6-9-26(10-7-21)38-15-14-37-19-22-4-3-5-25(16-22)33-29(32)35/h3-11,16-17,28H,12-15,18-20H2,1-2H3,(H3,32,33,35). The molecular formula is C31H35N3O7. The predicted octanol–water partition coefficient (Wildman–Crippen LogP) is 5.15. The number of primary amides is 1. The molecule has 3 amide bonds. The van der Waals surface area contributed by atoms with Crippen LogP contribution in [0.4, 0.5) is 15.3 Å². The van der Waals surface area contributed by atoms with Crippen LogP contribution in [0.3, 0.4) is 0 Å². The molecule has 0 aromatic heterocycles. The highest BCUT2D eigenvalue weighted by atomic mass is 16.7. The van der Waals surface area contributed by atoms with Crippen LogP contribution in [-0.4, -0.2) is 49.1 Å². The molecule has 1 atom stereocenters. The summed E-state index contributed by atoms with van der Waals surface area (Å²) in [6.45, 7) is 6.49. The van der Waals surface area contributed by atoms with Crippen LogP contribution in [0.5, 0.6) is 11.5 Å². The number of benzene rings is 3. The van der Waals surface area contributed by atoms with E-state index in [0.717, 1.165) is 33.8 Å². The summed E-state index contributed by atoms with van der Waals surface area (Å²) < 4.78 is 28.7. The van der Waals surface area contributed by atoms with E-state index >= 15 is 0 Å². The number of hydrogen-bond donors (Lipinski definition) is 2. The molecule has 0 spiro atoms. The Morgan fingerprint density at radius 2 is 1.90 bits per heavy atom. The van der Waals surface area contributed by atoms with Crippen LogP contribution >= 0.6 is 0 Å². The Balaban J connectivity index is 1.03. The molecule has 3 N–H and O–H groups in total. The summed E-state index contributed by atoms with van der Waals surface area (Å²) in [6, 6.07) is 20.4. The molecule has 0 bridgehead atoms. The van der Waals surface area contributed by atoms with E-state index in [1.54, 1.807) is 11.0 Å². The number of anilines is 1. The van der Waals surface area contributed by atoms with E-state index < -0.39 is 11.8 Å². The monoisotopic (exact) mass is 561 g/mol. The number of hydrogen-bond acceptors (Lipinski definition) is 7. The molecule has 2 heterocycles. The highest BCUT2D eigenvalue weighted by Crippen LogP contribution is 2.35. The highest BCUT2D eigenvalue weighted by Gasteiger charge is 2.33. The fourth-order valence-electron chi connectivity index (χ4n) is 4.73. The Labute approximate surface area is 239 Å². The normalized spacial score (nSPS) is 17.4. The van der Waals surface area contributed by atoms with Crippen molar-refractivity contribution in [1.82, 2.24) is 4.90 Å². The maximum absolute atomic E-state index is 12.5. The number of carbonyl (C=O) groups excluding carboxylic acids is 2. The number of ether oxygens (including phenoxy) is 5. The van der Waals surface area contributed by atoms with Crippen molar-refractivity contribution >= 4 is 17.8 Å². The SMILES string of the molecule is CC1(C)OCc2cc(C3CN(CCc4ccc(OCCOCc5cccc(NC(N)=O)c5)cc4)C(=O)O3)ccc2O1. The molecule has 1 saturated heterocycles. The summed E-state index contributed by atoms with van der Waals surface area (Å²) in [6.07, 6.45) is 0.0733. The lowest BCUT2D eigenvalue weighted by Crippen LogP contribution is -2.35. The van der Waals surface area contributed by atoms with Gasteiger partial charge in [0.15, 0.2) is 0 Å². The smallest absolute Gasteiger partial charge is 0.410 e. The minimum atomic E-state index is -0.647. The van der Waals surface area contributed by atoms with Crippen molar-refractivity contribution in [2.24, 2.45) is 5.73 Å². The van der Waals surface area contributed by atoms with E-state index in [1.807, 2.05) is 74.5 Å². The fourth-order valence-corrected chi connectivity index (χ4v) is 4.73. The summed E-state index contributed by atoms with van der Waals surface area (Å²) in [5.41, 5.74) is 9.69. The molecule has 10 nitrogen and oxygen atoms in total. The van der Waals surface area contributed by atoms with Crippen LogP contribution in [0.15, 0.2) is 66.7 Å². The molecule has 5 rings (SSSR count). The van der Waals surface area contributed by atoms with Crippen LogP contribution in [-0.2, 0) is 33.8 Å². The molecule has 10 heteroatoms. The van der Waals surface area contributed by atoms with Gasteiger partial charge in [-0.2, -0.15) is 0 Å². The van der Waals surface area contributed by atoms with Gasteiger partial charge in [-0.25, -0.2) is 9.59 Å². The van der Waals surface area contributed by atoms with E-state index in [9.17, 15) is 9.59 Å². The second-order valence-corrected chi connectivity index (χ2v) is 10.5. The zero-order chi connectivity index (χ0) is 28.8. The lowest BCUT2D eigenvalue weighted by molar-refractivity contribution is -0.180. The molecule has 1 unspecified atom stereocenters. The minimum absolute atomic E-state index is 0.308. The van der Waals surface area contributed by atoms with Crippen LogP contribution < -0.4 is 20.5 Å². The molecule has 1 fully saturated rings. The summed E-state index contributed by atoms with van der Waals surface area (Å²) in [5, 5.41) is 2.54. The molecule has 0 saturated carbocycles. The molecule has 2 aliphatic rings. The number of rotatable bonds is 11. The lowest BCUT2D eigenvalue weighted by atomic mass is 10.0. The number of nitrogens with zero attached hydrogens (tertiary/aromatic N) is 1. The first-order valence-corrected chi connectivity index (χ1v) is 13.6. The first-order chi connectivity index (χ1) is 19.7. The molecule has 0 aliphatic carbocycles. The molecule has 0 radical (unpaired) electrons. The van der Waals surface area contributed by atoms with Crippen LogP contribution in [0.25, 0.3) is 0 Å². The number of nitrogens with one attached hydrogen (secondary N) is 1. The average Bonchev–Trinajstić information content (AvgIpc) is 3.31. The zero-order valence-corrected chi connectivity index (χ0v) is 23.3. The van der Waals surface area contributed by atoms with Crippen LogP contribution in [0.2, 0.25) is 0 Å². The predicted molar refractivity (Wildman–Crippen MR) is 152 cm³/mol. The van der Waals surface area contributed by atoms with Crippen molar-refractivity contribution in [3.05, 3.63) is 89.0 Å². The third-order valence-electron chi connectivity index (χ3n) is 6.83. The van der Waals surface area contributed by atoms with Gasteiger partial charge in [-0.1, -0.05) is 30.3 Å². The molecule has 2 aliphatic heterocycles. The average molecular weight is 562 g/mol. The van der Waals surface area contributed by atoms with Crippen LogP contribution in [0, 0.1) is 0 Å². The maximum Gasteiger partial charge on any atom is 0.410 e. The van der Waals surface area contributed by atoms with Crippen molar-refractivity contribution < 1.29 is 33.3 Å². The van der Waals surface area contributed by atoms with Gasteiger partial charge in [-0.3, -0.25) is 0 Å². The molecule has 41 heavy (non-hydrogen) atoms. The Bertz CT molecular complexity index is 1380. The number of carbonyl (C=O) groups is 2. The van der Waals surface area contributed by atoms with Crippen molar-refractivity contribution in [1.29, 1.82) is 0 Å². The van der Waals surface area contributed by atoms with Gasteiger partial charge in [0.2, 0.25) is 5.79 Å². The summed E-state index contributed by atoms with van der Waals surface area (Å²) >= 11 is 0. The second-order valence-electron chi connectivity index (χ2n) is 10.5. The number of cyclic esters (lactones) is 1. The van der Waals surface area contributed by atoms with Crippen molar-refractivity contribution in [3.8, 4) is 11.5 Å². The van der Waals surface area contributed by atoms with E-state index in [2.05, 4.69) is 5.32 Å². The Kier molecular flexibility index (Phi) is 8.61. The van der Waals surface area contributed by atoms with Gasteiger partial charge in [-0.05, 0) is 59.5 Å². The lowest BCUT2D eigenvalue weighted by Gasteiger charge is -2.32. The van der Waals surface area contributed by atoms with E-state index in [-0.39, 0.29) is 12.2 Å². The number of amides is 3. The Morgan fingerprint density at radius 3 is 2.71 bits per heavy atom.